The van der Waals surface area contributed by atoms with Crippen molar-refractivity contribution in [3.63, 3.8) is 0 Å². The smallest absolute Gasteiger partial charge is 0.207 e. The molecule has 0 atom stereocenters. The van der Waals surface area contributed by atoms with Crippen LogP contribution in [0.2, 0.25) is 0 Å². The van der Waals surface area contributed by atoms with Gasteiger partial charge in [0.05, 0.1) is 5.56 Å². The zero-order chi connectivity index (χ0) is 36.1. The van der Waals surface area contributed by atoms with Gasteiger partial charge in [0.15, 0.2) is 0 Å². The van der Waals surface area contributed by atoms with Crippen LogP contribution in [0.25, 0.3) is 87.2 Å². The molecule has 0 heterocycles. The van der Waals surface area contributed by atoms with Crippen molar-refractivity contribution in [1.82, 2.24) is 0 Å². The molecule has 254 valence electrons. The molecular formula is C47H31F5. The summed E-state index contributed by atoms with van der Waals surface area (Å²) in [5, 5.41) is 7.90. The van der Waals surface area contributed by atoms with E-state index in [1.165, 1.54) is 29.8 Å². The predicted molar refractivity (Wildman–Crippen MR) is 205 cm³/mol. The first-order valence-corrected chi connectivity index (χ1v) is 17.2. The third-order valence-corrected chi connectivity index (χ3v) is 10.5. The van der Waals surface area contributed by atoms with E-state index in [9.17, 15) is 13.2 Å². The Morgan fingerprint density at radius 2 is 1.00 bits per heavy atom. The fraction of sp³-hybridized carbons (Fsp3) is 0.106. The van der Waals surface area contributed by atoms with Gasteiger partial charge in [-0.05, 0) is 118 Å². The van der Waals surface area contributed by atoms with Gasteiger partial charge < -0.3 is 0 Å². The normalized spacial score (nSPS) is 12.6. The molecule has 0 aromatic heterocycles. The summed E-state index contributed by atoms with van der Waals surface area (Å²) in [6.07, 6.45) is -4.48. The Morgan fingerprint density at radius 1 is 0.423 bits per heavy atom. The fourth-order valence-corrected chi connectivity index (χ4v) is 8.04. The number of hydrogen-bond donors (Lipinski definition) is 0. The third-order valence-electron chi connectivity index (χ3n) is 10.5. The second-order valence-corrected chi connectivity index (χ2v) is 14.7. The lowest BCUT2D eigenvalue weighted by atomic mass is 9.82. The molecule has 0 aliphatic carbocycles. The predicted octanol–water partition coefficient (Wildman–Crippen LogP) is 14.5. The number of halogens is 5. The van der Waals surface area contributed by atoms with Crippen LogP contribution >= 0.6 is 0 Å². The minimum Gasteiger partial charge on any atom is -0.207 e. The third kappa shape index (κ3) is 4.94. The van der Waals surface area contributed by atoms with E-state index in [0.717, 1.165) is 77.5 Å². The van der Waals surface area contributed by atoms with Gasteiger partial charge in [-0.15, -0.1) is 0 Å². The van der Waals surface area contributed by atoms with E-state index >= 15 is 8.78 Å². The van der Waals surface area contributed by atoms with Gasteiger partial charge in [-0.1, -0.05) is 124 Å². The number of rotatable bonds is 3. The SMILES string of the molecule is CC(C)(C)c1ccc(-c2ccc3ccc4c(-c5c6ccccc6c(-c6ccc(C(F)(F)F)cc6)c6cc(F)ccc56)ccc5c(F)cc2c3c54)cc1. The van der Waals surface area contributed by atoms with Crippen LogP contribution in [-0.2, 0) is 11.6 Å². The molecule has 5 heteroatoms. The number of fused-ring (bicyclic) bond motifs is 2. The van der Waals surface area contributed by atoms with Crippen molar-refractivity contribution in [3.05, 3.63) is 156 Å². The van der Waals surface area contributed by atoms with Gasteiger partial charge in [0.2, 0.25) is 0 Å². The lowest BCUT2D eigenvalue weighted by molar-refractivity contribution is -0.137. The van der Waals surface area contributed by atoms with Gasteiger partial charge in [-0.2, -0.15) is 13.2 Å². The number of alkyl halides is 3. The molecule has 0 spiro atoms. The maximum Gasteiger partial charge on any atom is 0.416 e. The van der Waals surface area contributed by atoms with Crippen molar-refractivity contribution in [1.29, 1.82) is 0 Å². The Hall–Kier alpha value is -5.81. The summed E-state index contributed by atoms with van der Waals surface area (Å²) in [6, 6.07) is 39.4. The molecule has 0 nitrogen and oxygen atoms in total. The Morgan fingerprint density at radius 3 is 1.69 bits per heavy atom. The topological polar surface area (TPSA) is 0 Å². The maximum atomic E-state index is 16.3. The van der Waals surface area contributed by atoms with Crippen LogP contribution in [0.15, 0.2) is 133 Å². The Kier molecular flexibility index (Phi) is 7.01. The van der Waals surface area contributed by atoms with Gasteiger partial charge in [-0.25, -0.2) is 8.78 Å². The van der Waals surface area contributed by atoms with Crippen molar-refractivity contribution in [3.8, 4) is 33.4 Å². The number of benzene rings is 9. The minimum atomic E-state index is -4.48. The largest absolute Gasteiger partial charge is 0.416 e. The monoisotopic (exact) mass is 690 g/mol. The molecule has 52 heavy (non-hydrogen) atoms. The van der Waals surface area contributed by atoms with Crippen LogP contribution < -0.4 is 0 Å². The van der Waals surface area contributed by atoms with Crippen molar-refractivity contribution >= 4 is 53.9 Å². The van der Waals surface area contributed by atoms with Crippen LogP contribution in [0.4, 0.5) is 22.0 Å². The highest BCUT2D eigenvalue weighted by atomic mass is 19.4. The first-order chi connectivity index (χ1) is 24.9. The molecule has 0 aliphatic heterocycles. The van der Waals surface area contributed by atoms with E-state index in [2.05, 4.69) is 63.2 Å². The first-order valence-electron chi connectivity index (χ1n) is 17.2. The lowest BCUT2D eigenvalue weighted by Gasteiger charge is -2.21. The molecular weight excluding hydrogens is 660 g/mol. The van der Waals surface area contributed by atoms with E-state index in [1.54, 1.807) is 12.1 Å². The second-order valence-electron chi connectivity index (χ2n) is 14.7. The molecule has 9 aromatic rings. The average molecular weight is 691 g/mol. The molecule has 9 aromatic carbocycles. The minimum absolute atomic E-state index is 0.000244. The van der Waals surface area contributed by atoms with Gasteiger partial charge in [0, 0.05) is 10.8 Å². The fourth-order valence-electron chi connectivity index (χ4n) is 8.04. The summed E-state index contributed by atoms with van der Waals surface area (Å²) < 4.78 is 71.9. The quantitative estimate of drug-likeness (QED) is 0.0983. The summed E-state index contributed by atoms with van der Waals surface area (Å²) in [5.74, 6) is -0.771. The highest BCUT2D eigenvalue weighted by molar-refractivity contribution is 6.30. The molecule has 0 aliphatic rings. The zero-order valence-corrected chi connectivity index (χ0v) is 28.6. The Bertz CT molecular complexity index is 2860. The van der Waals surface area contributed by atoms with Crippen molar-refractivity contribution < 1.29 is 22.0 Å². The summed E-state index contributed by atoms with van der Waals surface area (Å²) in [7, 11) is 0. The van der Waals surface area contributed by atoms with Crippen LogP contribution in [0.5, 0.6) is 0 Å². The van der Waals surface area contributed by atoms with Gasteiger partial charge in [0.25, 0.3) is 0 Å². The summed E-state index contributed by atoms with van der Waals surface area (Å²) in [5.41, 5.74) is 5.31. The number of hydrogen-bond acceptors (Lipinski definition) is 0. The van der Waals surface area contributed by atoms with E-state index in [-0.39, 0.29) is 11.2 Å². The second kappa shape index (κ2) is 11.3. The van der Waals surface area contributed by atoms with E-state index in [4.69, 9.17) is 0 Å². The molecule has 0 N–H and O–H groups in total. The van der Waals surface area contributed by atoms with Gasteiger partial charge >= 0.3 is 6.18 Å². The molecule has 9 rings (SSSR count). The van der Waals surface area contributed by atoms with Crippen molar-refractivity contribution in [2.75, 3.05) is 0 Å². The van der Waals surface area contributed by atoms with Crippen LogP contribution in [0.1, 0.15) is 31.9 Å². The maximum absolute atomic E-state index is 16.3. The van der Waals surface area contributed by atoms with Crippen LogP contribution in [-0.4, -0.2) is 0 Å². The Labute approximate surface area is 297 Å². The van der Waals surface area contributed by atoms with Gasteiger partial charge in [-0.3, -0.25) is 0 Å². The first kappa shape index (κ1) is 32.1. The molecule has 0 saturated carbocycles. The summed E-state index contributed by atoms with van der Waals surface area (Å²) in [6.45, 7) is 6.53. The molecule has 0 bridgehead atoms. The summed E-state index contributed by atoms with van der Waals surface area (Å²) >= 11 is 0. The van der Waals surface area contributed by atoms with E-state index in [1.807, 2.05) is 42.5 Å². The van der Waals surface area contributed by atoms with Crippen molar-refractivity contribution in [2.45, 2.75) is 32.4 Å². The molecule has 0 amide bonds. The molecule has 0 fully saturated rings. The standard InChI is InChI=1S/C47H31F5/c1-46(2,3)29-14-8-26(9-15-29)32-19-12-28-13-20-36-35(22-23-38-41(49)25-40(32)43(28)45(36)38)44-34-7-5-4-6-33(34)42(39-24-31(48)18-21-37(39)44)27-10-16-30(17-11-27)47(50,51)52/h4-25H,1-3H3. The highest BCUT2D eigenvalue weighted by Gasteiger charge is 2.30. The highest BCUT2D eigenvalue weighted by Crippen LogP contribution is 2.49. The average Bonchev–Trinajstić information content (AvgIpc) is 3.12. The van der Waals surface area contributed by atoms with Crippen LogP contribution in [0.3, 0.4) is 0 Å². The molecule has 0 radical (unpaired) electrons. The molecule has 0 saturated heterocycles. The Balaban J connectivity index is 1.35. The van der Waals surface area contributed by atoms with Crippen LogP contribution in [0, 0.1) is 11.6 Å². The van der Waals surface area contributed by atoms with Gasteiger partial charge in [0.1, 0.15) is 11.6 Å². The van der Waals surface area contributed by atoms with E-state index < -0.39 is 17.6 Å². The van der Waals surface area contributed by atoms with Crippen molar-refractivity contribution in [2.24, 2.45) is 0 Å². The van der Waals surface area contributed by atoms with E-state index in [0.29, 0.717) is 21.9 Å². The zero-order valence-electron chi connectivity index (χ0n) is 28.6. The molecule has 0 unspecified atom stereocenters. The summed E-state index contributed by atoms with van der Waals surface area (Å²) in [4.78, 5) is 0. The lowest BCUT2D eigenvalue weighted by Crippen LogP contribution is -2.10.